The summed E-state index contributed by atoms with van der Waals surface area (Å²) < 4.78 is 13.4. The molecular weight excluding hydrogens is 811 g/mol. The molecule has 0 unspecified atom stereocenters. The van der Waals surface area contributed by atoms with Crippen LogP contribution < -0.4 is 0 Å². The van der Waals surface area contributed by atoms with E-state index >= 15 is 0 Å². The van der Waals surface area contributed by atoms with Crippen LogP contribution in [0.15, 0.2) is 205 Å². The van der Waals surface area contributed by atoms with Crippen LogP contribution >= 0.6 is 0 Å². The van der Waals surface area contributed by atoms with Gasteiger partial charge in [0, 0.05) is 66.0 Å². The predicted molar refractivity (Wildman–Crippen MR) is 266 cm³/mol. The van der Waals surface area contributed by atoms with E-state index in [0.717, 1.165) is 98.9 Å². The Morgan fingerprint density at radius 1 is 0.364 bits per heavy atom. The van der Waals surface area contributed by atoms with E-state index in [2.05, 4.69) is 147 Å². The largest absolute Gasteiger partial charge is 0.456 e. The first-order valence-electron chi connectivity index (χ1n) is 21.9. The van der Waals surface area contributed by atoms with Crippen molar-refractivity contribution in [1.82, 2.24) is 28.7 Å². The maximum atomic E-state index is 11.0. The Balaban J connectivity index is 0.972. The third kappa shape index (κ3) is 5.22. The molecule has 0 N–H and O–H groups in total. The molecule has 0 radical (unpaired) electrons. The van der Waals surface area contributed by atoms with Crippen molar-refractivity contribution < 1.29 is 4.42 Å². The maximum Gasteiger partial charge on any atom is 0.238 e. The van der Waals surface area contributed by atoms with Gasteiger partial charge in [-0.15, -0.1) is 0 Å². The van der Waals surface area contributed by atoms with Crippen molar-refractivity contribution in [3.63, 3.8) is 0 Å². The Morgan fingerprint density at radius 3 is 1.52 bits per heavy atom. The van der Waals surface area contributed by atoms with Gasteiger partial charge < -0.3 is 13.6 Å². The standard InChI is InChI=1S/C58H33N7O/c59-34-37-29-36(57-60-56(35-15-3-1-4-16-35)61-58(62-57)65-50-25-13-7-19-39(50)40-20-8-14-26-51(40)65)27-28-47(37)64-49-24-12-10-22-42(49)44-32-54-46(31-52(44)64)45-30-43-41-21-9-11-23-48(41)63(38-17-5-2-6-18-38)53(43)33-55(45)66-54/h1-33H. The monoisotopic (exact) mass is 843 g/mol. The van der Waals surface area contributed by atoms with Crippen molar-refractivity contribution in [2.75, 3.05) is 0 Å². The molecule has 0 saturated heterocycles. The summed E-state index contributed by atoms with van der Waals surface area (Å²) in [5.41, 5.74) is 11.7. The van der Waals surface area contributed by atoms with Gasteiger partial charge in [-0.05, 0) is 72.8 Å². The van der Waals surface area contributed by atoms with Crippen molar-refractivity contribution in [2.24, 2.45) is 0 Å². The molecule has 0 spiro atoms. The van der Waals surface area contributed by atoms with E-state index in [4.69, 9.17) is 19.4 Å². The highest BCUT2D eigenvalue weighted by Gasteiger charge is 2.22. The van der Waals surface area contributed by atoms with Gasteiger partial charge in [-0.3, -0.25) is 4.57 Å². The number of hydrogen-bond acceptors (Lipinski definition) is 5. The molecule has 0 saturated carbocycles. The van der Waals surface area contributed by atoms with Crippen LogP contribution in [0.1, 0.15) is 5.56 Å². The smallest absolute Gasteiger partial charge is 0.238 e. The van der Waals surface area contributed by atoms with Crippen LogP contribution in [0.3, 0.4) is 0 Å². The zero-order chi connectivity index (χ0) is 43.5. The molecular formula is C58H33N7O. The lowest BCUT2D eigenvalue weighted by Crippen LogP contribution is -2.06. The summed E-state index contributed by atoms with van der Waals surface area (Å²) in [5.74, 6) is 1.51. The number of rotatable bonds is 5. The van der Waals surface area contributed by atoms with Crippen LogP contribution in [0.2, 0.25) is 0 Å². The van der Waals surface area contributed by atoms with Gasteiger partial charge in [-0.2, -0.15) is 15.2 Å². The molecule has 8 heteroatoms. The number of nitrogens with zero attached hydrogens (tertiary/aromatic N) is 7. The van der Waals surface area contributed by atoms with Crippen molar-refractivity contribution >= 4 is 87.4 Å². The highest BCUT2D eigenvalue weighted by molar-refractivity contribution is 6.21. The quantitative estimate of drug-likeness (QED) is 0.172. The first-order chi connectivity index (χ1) is 32.7. The number of nitriles is 1. The molecule has 306 valence electrons. The summed E-state index contributed by atoms with van der Waals surface area (Å²) in [5, 5.41) is 19.7. The summed E-state index contributed by atoms with van der Waals surface area (Å²) in [6.07, 6.45) is 0. The highest BCUT2D eigenvalue weighted by atomic mass is 16.3. The molecule has 0 amide bonds. The normalized spacial score (nSPS) is 11.9. The van der Waals surface area contributed by atoms with Crippen LogP contribution in [0.4, 0.5) is 0 Å². The average Bonchev–Trinajstić information content (AvgIpc) is 4.11. The number of aromatic nitrogens is 6. The van der Waals surface area contributed by atoms with Crippen molar-refractivity contribution in [3.8, 4) is 46.2 Å². The summed E-state index contributed by atoms with van der Waals surface area (Å²) in [6.45, 7) is 0. The summed E-state index contributed by atoms with van der Waals surface area (Å²) in [6, 6.07) is 71.3. The minimum absolute atomic E-state index is 0.470. The van der Waals surface area contributed by atoms with Gasteiger partial charge in [0.2, 0.25) is 5.95 Å². The van der Waals surface area contributed by atoms with E-state index in [1.807, 2.05) is 72.8 Å². The molecule has 9 aromatic carbocycles. The molecule has 5 heterocycles. The maximum absolute atomic E-state index is 11.0. The summed E-state index contributed by atoms with van der Waals surface area (Å²) in [4.78, 5) is 15.3. The van der Waals surface area contributed by atoms with Crippen LogP contribution in [0.25, 0.3) is 127 Å². The third-order valence-corrected chi connectivity index (χ3v) is 13.1. The van der Waals surface area contributed by atoms with Crippen LogP contribution in [-0.4, -0.2) is 28.7 Å². The number of benzene rings is 9. The fourth-order valence-corrected chi connectivity index (χ4v) is 10.2. The molecule has 66 heavy (non-hydrogen) atoms. The third-order valence-electron chi connectivity index (χ3n) is 13.1. The van der Waals surface area contributed by atoms with Gasteiger partial charge in [-0.1, -0.05) is 121 Å². The molecule has 0 atom stereocenters. The molecule has 5 aromatic heterocycles. The number of fused-ring (bicyclic) bond motifs is 12. The van der Waals surface area contributed by atoms with E-state index in [1.54, 1.807) is 0 Å². The van der Waals surface area contributed by atoms with Gasteiger partial charge in [0.1, 0.15) is 17.2 Å². The lowest BCUT2D eigenvalue weighted by molar-refractivity contribution is 0.670. The van der Waals surface area contributed by atoms with E-state index in [1.165, 1.54) is 5.39 Å². The topological polar surface area (TPSA) is 90.4 Å². The SMILES string of the molecule is N#Cc1cc(-c2nc(-c3ccccc3)nc(-n3c4ccccc4c4ccccc43)n2)ccc1-n1c2ccccc2c2cc3oc4cc5c(cc4c3cc21)c1ccccc1n5-c1ccccc1. The summed E-state index contributed by atoms with van der Waals surface area (Å²) >= 11 is 0. The lowest BCUT2D eigenvalue weighted by Gasteiger charge is -2.13. The second-order valence-electron chi connectivity index (χ2n) is 16.7. The van der Waals surface area contributed by atoms with Crippen molar-refractivity contribution in [3.05, 3.63) is 206 Å². The Morgan fingerprint density at radius 2 is 0.864 bits per heavy atom. The predicted octanol–water partition coefficient (Wildman–Crippen LogP) is 14.3. The molecule has 0 bridgehead atoms. The van der Waals surface area contributed by atoms with Crippen molar-refractivity contribution in [2.45, 2.75) is 0 Å². The fraction of sp³-hybridized carbons (Fsp3) is 0. The number of hydrogen-bond donors (Lipinski definition) is 0. The second kappa shape index (κ2) is 13.8. The van der Waals surface area contributed by atoms with E-state index in [-0.39, 0.29) is 0 Å². The highest BCUT2D eigenvalue weighted by Crippen LogP contribution is 2.42. The van der Waals surface area contributed by atoms with Crippen LogP contribution in [0.5, 0.6) is 0 Å². The van der Waals surface area contributed by atoms with Crippen LogP contribution in [0, 0.1) is 11.3 Å². The van der Waals surface area contributed by atoms with Gasteiger partial charge >= 0.3 is 0 Å². The van der Waals surface area contributed by atoms with E-state index < -0.39 is 0 Å². The Labute approximate surface area is 376 Å². The average molecular weight is 844 g/mol. The molecule has 0 aliphatic heterocycles. The first kappa shape index (κ1) is 36.2. The van der Waals surface area contributed by atoms with E-state index in [0.29, 0.717) is 28.7 Å². The van der Waals surface area contributed by atoms with Gasteiger partial charge in [-0.25, -0.2) is 4.98 Å². The number of furan rings is 1. The Hall–Kier alpha value is -9.32. The minimum Gasteiger partial charge on any atom is -0.456 e. The summed E-state index contributed by atoms with van der Waals surface area (Å²) in [7, 11) is 0. The second-order valence-corrected chi connectivity index (χ2v) is 16.7. The van der Waals surface area contributed by atoms with Gasteiger partial charge in [0.05, 0.1) is 44.4 Å². The molecule has 0 aliphatic carbocycles. The zero-order valence-electron chi connectivity index (χ0n) is 35.1. The molecule has 0 fully saturated rings. The number of para-hydroxylation sites is 5. The fourth-order valence-electron chi connectivity index (χ4n) is 10.2. The first-order valence-corrected chi connectivity index (χ1v) is 21.9. The minimum atomic E-state index is 0.470. The molecule has 14 rings (SSSR count). The van der Waals surface area contributed by atoms with Gasteiger partial charge in [0.25, 0.3) is 0 Å². The Kier molecular flexibility index (Phi) is 7.59. The van der Waals surface area contributed by atoms with Gasteiger partial charge in [0.15, 0.2) is 11.6 Å². The molecule has 8 nitrogen and oxygen atoms in total. The zero-order valence-corrected chi connectivity index (χ0v) is 35.1. The Bertz CT molecular complexity index is 4310. The van der Waals surface area contributed by atoms with Crippen molar-refractivity contribution in [1.29, 1.82) is 5.26 Å². The lowest BCUT2D eigenvalue weighted by atomic mass is 10.1. The molecule has 0 aliphatic rings. The molecule has 14 aromatic rings. The van der Waals surface area contributed by atoms with E-state index in [9.17, 15) is 5.26 Å². The van der Waals surface area contributed by atoms with Crippen LogP contribution in [-0.2, 0) is 0 Å².